The summed E-state index contributed by atoms with van der Waals surface area (Å²) in [5, 5.41) is 0.844. The van der Waals surface area contributed by atoms with Gasteiger partial charge in [0, 0.05) is 14.2 Å². The molecule has 0 aromatic heterocycles. The maximum Gasteiger partial charge on any atom is 0.435 e. The molecule has 0 radical (unpaired) electrons. The lowest BCUT2D eigenvalue weighted by Gasteiger charge is -2.50. The van der Waals surface area contributed by atoms with E-state index in [9.17, 15) is 14.4 Å². The minimum atomic E-state index is -1.79. The number of ether oxygens (including phenoxy) is 4. The molecule has 0 unspecified atom stereocenters. The van der Waals surface area contributed by atoms with Crippen molar-refractivity contribution in [2.45, 2.75) is 44.3 Å². The predicted octanol–water partition coefficient (Wildman–Crippen LogP) is 0.577. The molecule has 9 nitrogen and oxygen atoms in total. The van der Waals surface area contributed by atoms with Crippen LogP contribution in [0.3, 0.4) is 0 Å². The van der Waals surface area contributed by atoms with Crippen molar-refractivity contribution in [1.29, 1.82) is 0 Å². The second-order valence-corrected chi connectivity index (χ2v) is 6.29. The number of rotatable bonds is 3. The average Bonchev–Trinajstić information content (AvgIpc) is 2.53. The number of Topliss-reactive ketones (excluding diaryl/α,β-unsaturated/α-hetero) is 1. The minimum absolute atomic E-state index is 0.0166. The fourth-order valence-electron chi connectivity index (χ4n) is 2.63. The summed E-state index contributed by atoms with van der Waals surface area (Å²) in [6.45, 7) is 5.07. The number of fused-ring (bicyclic) bond motifs is 2. The van der Waals surface area contributed by atoms with Gasteiger partial charge in [-0.25, -0.2) is 9.59 Å². The monoisotopic (exact) mass is 343 g/mol. The van der Waals surface area contributed by atoms with Gasteiger partial charge in [0.25, 0.3) is 5.79 Å². The number of amides is 1. The zero-order valence-electron chi connectivity index (χ0n) is 14.4. The van der Waals surface area contributed by atoms with Gasteiger partial charge < -0.3 is 18.9 Å². The van der Waals surface area contributed by atoms with E-state index in [1.807, 2.05) is 0 Å². The molecule has 1 amide bonds. The Morgan fingerprint density at radius 2 is 1.79 bits per heavy atom. The molecular formula is C15H21NO8. The fourth-order valence-corrected chi connectivity index (χ4v) is 2.63. The number of carbonyl (C=O) groups is 3. The van der Waals surface area contributed by atoms with Gasteiger partial charge in [0.1, 0.15) is 11.6 Å². The van der Waals surface area contributed by atoms with Crippen LogP contribution in [0.25, 0.3) is 0 Å². The predicted molar refractivity (Wildman–Crippen MR) is 78.6 cm³/mol. The van der Waals surface area contributed by atoms with Gasteiger partial charge in [-0.1, -0.05) is 0 Å². The molecule has 134 valence electrons. The first kappa shape index (κ1) is 18.4. The van der Waals surface area contributed by atoms with E-state index in [0.717, 1.165) is 5.06 Å². The van der Waals surface area contributed by atoms with Crippen LogP contribution in [0.1, 0.15) is 20.8 Å². The lowest BCUT2D eigenvalue weighted by molar-refractivity contribution is -0.309. The zero-order valence-corrected chi connectivity index (χ0v) is 14.4. The highest BCUT2D eigenvalue weighted by atomic mass is 16.8. The van der Waals surface area contributed by atoms with E-state index < -0.39 is 41.4 Å². The maximum atomic E-state index is 12.7. The van der Waals surface area contributed by atoms with Crippen LogP contribution in [-0.4, -0.2) is 67.8 Å². The maximum absolute atomic E-state index is 12.7. The van der Waals surface area contributed by atoms with E-state index >= 15 is 0 Å². The SMILES string of the molecule is COC(=O)C1=C[C@H]2N(C(=O)OC(C)(C)C)O[C@@H]1C(=O)C2(OC)OC. The van der Waals surface area contributed by atoms with Gasteiger partial charge in [0.05, 0.1) is 12.7 Å². The molecule has 0 N–H and O–H groups in total. The summed E-state index contributed by atoms with van der Waals surface area (Å²) >= 11 is 0. The molecule has 1 fully saturated rings. The van der Waals surface area contributed by atoms with E-state index in [0.29, 0.717) is 0 Å². The zero-order chi connectivity index (χ0) is 18.3. The number of carbonyl (C=O) groups excluding carboxylic acids is 3. The smallest absolute Gasteiger partial charge is 0.435 e. The largest absolute Gasteiger partial charge is 0.466 e. The number of hydrogen-bond acceptors (Lipinski definition) is 8. The summed E-state index contributed by atoms with van der Waals surface area (Å²) in [5.41, 5.74) is -0.796. The van der Waals surface area contributed by atoms with E-state index in [-0.39, 0.29) is 5.57 Å². The normalized spacial score (nSPS) is 25.3. The summed E-state index contributed by atoms with van der Waals surface area (Å²) in [4.78, 5) is 42.3. The number of ketones is 1. The highest BCUT2D eigenvalue weighted by Crippen LogP contribution is 2.40. The lowest BCUT2D eigenvalue weighted by atomic mass is 9.84. The van der Waals surface area contributed by atoms with E-state index in [2.05, 4.69) is 4.74 Å². The van der Waals surface area contributed by atoms with Crippen molar-refractivity contribution in [3.05, 3.63) is 11.6 Å². The van der Waals surface area contributed by atoms with Crippen molar-refractivity contribution >= 4 is 17.8 Å². The summed E-state index contributed by atoms with van der Waals surface area (Å²) in [6.07, 6.45) is -0.864. The first-order valence-corrected chi connectivity index (χ1v) is 7.25. The Morgan fingerprint density at radius 3 is 2.25 bits per heavy atom. The van der Waals surface area contributed by atoms with Crippen LogP contribution in [0, 0.1) is 0 Å². The summed E-state index contributed by atoms with van der Waals surface area (Å²) < 4.78 is 20.4. The first-order chi connectivity index (χ1) is 11.1. The van der Waals surface area contributed by atoms with Gasteiger partial charge in [-0.2, -0.15) is 5.06 Å². The van der Waals surface area contributed by atoms with Gasteiger partial charge in [-0.15, -0.1) is 0 Å². The van der Waals surface area contributed by atoms with Crippen molar-refractivity contribution < 1.29 is 38.2 Å². The van der Waals surface area contributed by atoms with Crippen molar-refractivity contribution in [3.8, 4) is 0 Å². The molecule has 2 atom stereocenters. The second-order valence-electron chi connectivity index (χ2n) is 6.29. The molecule has 0 aromatic carbocycles. The molecular weight excluding hydrogens is 322 g/mol. The van der Waals surface area contributed by atoms with Crippen LogP contribution in [0.5, 0.6) is 0 Å². The molecule has 0 saturated carbocycles. The third-order valence-electron chi connectivity index (χ3n) is 3.66. The van der Waals surface area contributed by atoms with Crippen LogP contribution < -0.4 is 0 Å². The van der Waals surface area contributed by atoms with Crippen molar-refractivity contribution in [2.75, 3.05) is 21.3 Å². The molecule has 3 rings (SSSR count). The Kier molecular flexibility index (Phi) is 4.71. The first-order valence-electron chi connectivity index (χ1n) is 7.25. The molecule has 9 heteroatoms. The Balaban J connectivity index is 2.46. The molecule has 0 aromatic rings. The van der Waals surface area contributed by atoms with Gasteiger partial charge >= 0.3 is 12.1 Å². The summed E-state index contributed by atoms with van der Waals surface area (Å²) in [6, 6.07) is -1.14. The Morgan fingerprint density at radius 1 is 1.21 bits per heavy atom. The molecule has 2 bridgehead atoms. The van der Waals surface area contributed by atoms with Crippen LogP contribution in [0.4, 0.5) is 4.79 Å². The van der Waals surface area contributed by atoms with Gasteiger partial charge in [-0.05, 0) is 26.8 Å². The van der Waals surface area contributed by atoms with Gasteiger partial charge in [0.15, 0.2) is 6.10 Å². The Bertz CT molecular complexity index is 587. The average molecular weight is 343 g/mol. The molecule has 3 aliphatic rings. The van der Waals surface area contributed by atoms with Crippen molar-refractivity contribution in [2.24, 2.45) is 0 Å². The number of methoxy groups -OCH3 is 3. The van der Waals surface area contributed by atoms with Crippen molar-refractivity contribution in [1.82, 2.24) is 5.06 Å². The molecule has 0 spiro atoms. The fraction of sp³-hybridized carbons (Fsp3) is 0.667. The number of hydroxylamine groups is 2. The van der Waals surface area contributed by atoms with Gasteiger partial charge in [0.2, 0.25) is 5.78 Å². The standard InChI is InChI=1S/C15H21NO8/c1-14(2,3)23-13(19)16-9-7-8(12(18)20-4)10(24-16)11(17)15(9,21-5)22-6/h7,9-10H,1-6H3/t9-,10+/m1/s1. The van der Waals surface area contributed by atoms with Crippen LogP contribution in [0.15, 0.2) is 11.6 Å². The number of hydrogen-bond donors (Lipinski definition) is 0. The molecule has 24 heavy (non-hydrogen) atoms. The van der Waals surface area contributed by atoms with Crippen molar-refractivity contribution in [3.63, 3.8) is 0 Å². The molecule has 2 aliphatic heterocycles. The third-order valence-corrected chi connectivity index (χ3v) is 3.66. The highest BCUT2D eigenvalue weighted by Gasteiger charge is 2.64. The molecule has 1 saturated heterocycles. The Hall–Kier alpha value is -1.97. The number of nitrogens with zero attached hydrogens (tertiary/aromatic N) is 1. The van der Waals surface area contributed by atoms with E-state index in [1.54, 1.807) is 20.8 Å². The lowest BCUT2D eigenvalue weighted by Crippen LogP contribution is -2.71. The Labute approximate surface area is 139 Å². The van der Waals surface area contributed by atoms with E-state index in [1.165, 1.54) is 27.4 Å². The highest BCUT2D eigenvalue weighted by molar-refractivity contribution is 6.05. The molecule has 2 heterocycles. The topological polar surface area (TPSA) is 101 Å². The van der Waals surface area contributed by atoms with Crippen LogP contribution >= 0.6 is 0 Å². The number of esters is 1. The quantitative estimate of drug-likeness (QED) is 0.542. The third kappa shape index (κ3) is 2.79. The second kappa shape index (κ2) is 6.15. The van der Waals surface area contributed by atoms with Crippen LogP contribution in [-0.2, 0) is 33.4 Å². The van der Waals surface area contributed by atoms with E-state index in [4.69, 9.17) is 19.0 Å². The van der Waals surface area contributed by atoms with Gasteiger partial charge in [-0.3, -0.25) is 9.63 Å². The summed E-state index contributed by atoms with van der Waals surface area (Å²) in [5.74, 6) is -3.17. The summed E-state index contributed by atoms with van der Waals surface area (Å²) in [7, 11) is 3.71. The minimum Gasteiger partial charge on any atom is -0.466 e. The van der Waals surface area contributed by atoms with Crippen LogP contribution in [0.2, 0.25) is 0 Å². The molecule has 1 aliphatic carbocycles.